The number of hydrogen-bond acceptors (Lipinski definition) is 4. The number of rotatable bonds is 2. The lowest BCUT2D eigenvalue weighted by molar-refractivity contribution is -0.157. The molecule has 1 heterocycles. The highest BCUT2D eigenvalue weighted by atomic mass is 16.5. The van der Waals surface area contributed by atoms with Gasteiger partial charge in [0.25, 0.3) is 0 Å². The molecule has 1 amide bonds. The first-order valence-electron chi connectivity index (χ1n) is 7.34. The highest BCUT2D eigenvalue weighted by Crippen LogP contribution is 2.47. The topological polar surface area (TPSA) is 72.6 Å². The van der Waals surface area contributed by atoms with Gasteiger partial charge in [0.15, 0.2) is 0 Å². The Labute approximate surface area is 120 Å². The third-order valence-corrected chi connectivity index (χ3v) is 4.91. The molecule has 1 aliphatic carbocycles. The van der Waals surface area contributed by atoms with E-state index in [-0.39, 0.29) is 29.3 Å². The lowest BCUT2D eigenvalue weighted by atomic mass is 9.84. The summed E-state index contributed by atoms with van der Waals surface area (Å²) in [6, 6.07) is -0.904. The molecule has 0 aromatic heterocycles. The Bertz CT molecular complexity index is 416. The van der Waals surface area contributed by atoms with Crippen LogP contribution in [0.25, 0.3) is 0 Å². The molecule has 0 radical (unpaired) electrons. The Morgan fingerprint density at radius 1 is 1.30 bits per heavy atom. The summed E-state index contributed by atoms with van der Waals surface area (Å²) in [6.07, 6.45) is 1.85. The molecule has 5 heteroatoms. The maximum absolute atomic E-state index is 12.7. The maximum Gasteiger partial charge on any atom is 0.328 e. The number of carbonyl (C=O) groups excluding carboxylic acids is 2. The average molecular weight is 282 g/mol. The number of hydrogen-bond donors (Lipinski definition) is 1. The summed E-state index contributed by atoms with van der Waals surface area (Å²) in [5, 5.41) is 0. The third-order valence-electron chi connectivity index (χ3n) is 4.91. The van der Waals surface area contributed by atoms with Crippen LogP contribution in [0, 0.1) is 17.3 Å². The van der Waals surface area contributed by atoms with Crippen LogP contribution in [0.4, 0.5) is 0 Å². The zero-order valence-electron chi connectivity index (χ0n) is 13.1. The molecule has 5 nitrogen and oxygen atoms in total. The summed E-state index contributed by atoms with van der Waals surface area (Å²) in [5.74, 6) is 0.244. The first-order chi connectivity index (χ1) is 9.18. The fourth-order valence-electron chi connectivity index (χ4n) is 3.60. The number of ether oxygens (including phenoxy) is 1. The van der Waals surface area contributed by atoms with E-state index in [1.807, 2.05) is 20.8 Å². The summed E-state index contributed by atoms with van der Waals surface area (Å²) in [5.41, 5.74) is 5.79. The second kappa shape index (κ2) is 5.02. The zero-order valence-corrected chi connectivity index (χ0v) is 13.1. The molecule has 2 bridgehead atoms. The second-order valence-electron chi connectivity index (χ2n) is 7.32. The van der Waals surface area contributed by atoms with Gasteiger partial charge in [-0.15, -0.1) is 0 Å². The molecule has 0 spiro atoms. The number of likely N-dealkylation sites (tertiary alicyclic amines) is 1. The molecule has 0 aromatic rings. The van der Waals surface area contributed by atoms with Gasteiger partial charge >= 0.3 is 5.97 Å². The van der Waals surface area contributed by atoms with Crippen LogP contribution in [-0.4, -0.2) is 42.0 Å². The van der Waals surface area contributed by atoms with Crippen molar-refractivity contribution in [2.24, 2.45) is 23.0 Å². The van der Waals surface area contributed by atoms with Gasteiger partial charge in [0.1, 0.15) is 6.04 Å². The van der Waals surface area contributed by atoms with Gasteiger partial charge in [-0.25, -0.2) is 4.79 Å². The maximum atomic E-state index is 12.7. The molecule has 114 valence electrons. The third kappa shape index (κ3) is 2.32. The molecule has 20 heavy (non-hydrogen) atoms. The van der Waals surface area contributed by atoms with Crippen molar-refractivity contribution in [1.82, 2.24) is 4.90 Å². The standard InChI is InChI=1S/C15H26N2O3/c1-8-6-9-7-10(8)11(14(19)20-5)17(9)13(18)12(16)15(2,3)4/h8-12H,6-7,16H2,1-5H3/t8-,9+,10+,11-,12+/m0/s1. The van der Waals surface area contributed by atoms with Crippen molar-refractivity contribution in [1.29, 1.82) is 0 Å². The van der Waals surface area contributed by atoms with Crippen molar-refractivity contribution in [2.75, 3.05) is 7.11 Å². The van der Waals surface area contributed by atoms with E-state index in [4.69, 9.17) is 10.5 Å². The van der Waals surface area contributed by atoms with Crippen LogP contribution >= 0.6 is 0 Å². The van der Waals surface area contributed by atoms with E-state index in [0.717, 1.165) is 12.8 Å². The van der Waals surface area contributed by atoms with E-state index < -0.39 is 12.1 Å². The molecule has 2 aliphatic rings. The number of fused-ring (bicyclic) bond motifs is 2. The fourth-order valence-corrected chi connectivity index (χ4v) is 3.60. The van der Waals surface area contributed by atoms with Crippen molar-refractivity contribution in [2.45, 2.75) is 58.7 Å². The number of carbonyl (C=O) groups is 2. The van der Waals surface area contributed by atoms with Crippen LogP contribution in [0.3, 0.4) is 0 Å². The van der Waals surface area contributed by atoms with Crippen molar-refractivity contribution in [3.05, 3.63) is 0 Å². The first kappa shape index (κ1) is 15.3. The van der Waals surface area contributed by atoms with Gasteiger partial charge in [-0.05, 0) is 30.1 Å². The van der Waals surface area contributed by atoms with Crippen molar-refractivity contribution < 1.29 is 14.3 Å². The Morgan fingerprint density at radius 3 is 2.40 bits per heavy atom. The van der Waals surface area contributed by atoms with Gasteiger partial charge in [0.2, 0.25) is 5.91 Å². The minimum Gasteiger partial charge on any atom is -0.467 e. The highest BCUT2D eigenvalue weighted by molar-refractivity contribution is 5.89. The lowest BCUT2D eigenvalue weighted by Crippen LogP contribution is -2.58. The molecule has 5 atom stereocenters. The number of nitrogens with zero attached hydrogens (tertiary/aromatic N) is 1. The van der Waals surface area contributed by atoms with Crippen LogP contribution in [0.15, 0.2) is 0 Å². The van der Waals surface area contributed by atoms with Crippen LogP contribution in [0.1, 0.15) is 40.5 Å². The van der Waals surface area contributed by atoms with Crippen LogP contribution in [0.2, 0.25) is 0 Å². The molecular formula is C15H26N2O3. The molecular weight excluding hydrogens is 256 g/mol. The highest BCUT2D eigenvalue weighted by Gasteiger charge is 2.56. The lowest BCUT2D eigenvalue weighted by Gasteiger charge is -2.39. The number of methoxy groups -OCH3 is 1. The molecule has 2 N–H and O–H groups in total. The quantitative estimate of drug-likeness (QED) is 0.771. The molecule has 1 aliphatic heterocycles. The molecule has 1 saturated carbocycles. The number of piperidine rings is 1. The summed E-state index contributed by atoms with van der Waals surface area (Å²) in [4.78, 5) is 26.5. The molecule has 2 rings (SSSR count). The SMILES string of the molecule is COC(=O)[C@@H]1[C@@H]2C[C@@H](C[C@@H]2C)N1C(=O)[C@@H](N)C(C)(C)C. The average Bonchev–Trinajstić information content (AvgIpc) is 2.91. The fraction of sp³-hybridized carbons (Fsp3) is 0.867. The van der Waals surface area contributed by atoms with E-state index in [0.29, 0.717) is 5.92 Å². The van der Waals surface area contributed by atoms with Gasteiger partial charge in [0.05, 0.1) is 13.2 Å². The monoisotopic (exact) mass is 282 g/mol. The molecule has 0 aromatic carbocycles. The van der Waals surface area contributed by atoms with Gasteiger partial charge in [-0.2, -0.15) is 0 Å². The predicted molar refractivity (Wildman–Crippen MR) is 75.8 cm³/mol. The first-order valence-corrected chi connectivity index (χ1v) is 7.34. The molecule has 1 saturated heterocycles. The number of nitrogens with two attached hydrogens (primary N) is 1. The Morgan fingerprint density at radius 2 is 1.90 bits per heavy atom. The molecule has 0 unspecified atom stereocenters. The van der Waals surface area contributed by atoms with E-state index in [1.165, 1.54) is 7.11 Å². The van der Waals surface area contributed by atoms with Gasteiger partial charge in [0, 0.05) is 6.04 Å². The number of esters is 1. The summed E-state index contributed by atoms with van der Waals surface area (Å²) in [6.45, 7) is 7.98. The largest absolute Gasteiger partial charge is 0.467 e. The number of amides is 1. The van der Waals surface area contributed by atoms with Gasteiger partial charge < -0.3 is 15.4 Å². The summed E-state index contributed by atoms with van der Waals surface area (Å²) >= 11 is 0. The van der Waals surface area contributed by atoms with E-state index >= 15 is 0 Å². The minimum atomic E-state index is -0.593. The van der Waals surface area contributed by atoms with Crippen molar-refractivity contribution in [3.63, 3.8) is 0 Å². The Balaban J connectivity index is 2.26. The van der Waals surface area contributed by atoms with Crippen molar-refractivity contribution in [3.8, 4) is 0 Å². The molecule has 2 fully saturated rings. The Hall–Kier alpha value is -1.10. The van der Waals surface area contributed by atoms with Crippen LogP contribution in [-0.2, 0) is 14.3 Å². The van der Waals surface area contributed by atoms with Crippen LogP contribution in [0.5, 0.6) is 0 Å². The predicted octanol–water partition coefficient (Wildman–Crippen LogP) is 1.16. The summed E-state index contributed by atoms with van der Waals surface area (Å²) in [7, 11) is 1.38. The van der Waals surface area contributed by atoms with Gasteiger partial charge in [-0.1, -0.05) is 27.7 Å². The zero-order chi connectivity index (χ0) is 15.2. The van der Waals surface area contributed by atoms with Crippen LogP contribution < -0.4 is 5.73 Å². The second-order valence-corrected chi connectivity index (χ2v) is 7.32. The van der Waals surface area contributed by atoms with E-state index in [1.54, 1.807) is 4.90 Å². The van der Waals surface area contributed by atoms with E-state index in [2.05, 4.69) is 6.92 Å². The Kier molecular flexibility index (Phi) is 3.84. The minimum absolute atomic E-state index is 0.118. The smallest absolute Gasteiger partial charge is 0.328 e. The van der Waals surface area contributed by atoms with Gasteiger partial charge in [-0.3, -0.25) is 4.79 Å². The van der Waals surface area contributed by atoms with E-state index in [9.17, 15) is 9.59 Å². The normalized spacial score (nSPS) is 34.2. The van der Waals surface area contributed by atoms with Crippen molar-refractivity contribution >= 4 is 11.9 Å². The summed E-state index contributed by atoms with van der Waals surface area (Å²) < 4.78 is 4.91.